The van der Waals surface area contributed by atoms with Gasteiger partial charge in [0.05, 0.1) is 5.56 Å². The molecule has 0 unspecified atom stereocenters. The molecule has 132 valence electrons. The maximum absolute atomic E-state index is 12.4. The molecule has 1 fully saturated rings. The molecule has 1 aromatic heterocycles. The van der Waals surface area contributed by atoms with Crippen molar-refractivity contribution in [3.63, 3.8) is 0 Å². The predicted octanol–water partition coefficient (Wildman–Crippen LogP) is 4.63. The van der Waals surface area contributed by atoms with Gasteiger partial charge >= 0.3 is 0 Å². The zero-order valence-electron chi connectivity index (χ0n) is 14.4. The molecule has 1 aliphatic carbocycles. The molecule has 1 heterocycles. The highest BCUT2D eigenvalue weighted by Crippen LogP contribution is 2.22. The predicted molar refractivity (Wildman–Crippen MR) is 100 cm³/mol. The van der Waals surface area contributed by atoms with Crippen LogP contribution in [0.2, 0.25) is 5.02 Å². The van der Waals surface area contributed by atoms with Gasteiger partial charge in [0, 0.05) is 29.1 Å². The van der Waals surface area contributed by atoms with Crippen molar-refractivity contribution in [1.29, 1.82) is 0 Å². The van der Waals surface area contributed by atoms with Crippen molar-refractivity contribution in [1.82, 2.24) is 15.3 Å². The Labute approximate surface area is 153 Å². The van der Waals surface area contributed by atoms with Crippen LogP contribution in [0.5, 0.6) is 0 Å². The number of aromatic nitrogens is 2. The second kappa shape index (κ2) is 8.30. The highest BCUT2D eigenvalue weighted by atomic mass is 35.5. The van der Waals surface area contributed by atoms with Crippen LogP contribution in [-0.2, 0) is 0 Å². The summed E-state index contributed by atoms with van der Waals surface area (Å²) < 4.78 is 0. The number of benzene rings is 1. The van der Waals surface area contributed by atoms with Gasteiger partial charge in [0.15, 0.2) is 0 Å². The van der Waals surface area contributed by atoms with Crippen molar-refractivity contribution in [2.75, 3.05) is 5.32 Å². The molecule has 0 bridgehead atoms. The van der Waals surface area contributed by atoms with Crippen LogP contribution in [0.1, 0.15) is 54.4 Å². The Hall–Kier alpha value is -2.14. The standard InChI is InChI=1S/C19H23ClN4O/c1-13-8-9-15(20)10-17(13)24-19-21-11-14(12-22-19)18(25)23-16-6-4-2-3-5-7-16/h8-12,16H,2-7H2,1H3,(H,23,25)(H,21,22,24). The van der Waals surface area contributed by atoms with Gasteiger partial charge in [-0.2, -0.15) is 0 Å². The number of carbonyl (C=O) groups is 1. The van der Waals surface area contributed by atoms with Gasteiger partial charge in [-0.15, -0.1) is 0 Å². The molecule has 1 aliphatic rings. The number of halogens is 1. The number of hydrogen-bond acceptors (Lipinski definition) is 4. The van der Waals surface area contributed by atoms with Crippen molar-refractivity contribution in [3.05, 3.63) is 46.7 Å². The summed E-state index contributed by atoms with van der Waals surface area (Å²) >= 11 is 6.02. The zero-order chi connectivity index (χ0) is 17.6. The molecule has 2 N–H and O–H groups in total. The Morgan fingerprint density at radius 2 is 1.80 bits per heavy atom. The maximum Gasteiger partial charge on any atom is 0.254 e. The van der Waals surface area contributed by atoms with Crippen LogP contribution in [-0.4, -0.2) is 21.9 Å². The summed E-state index contributed by atoms with van der Waals surface area (Å²) in [5.41, 5.74) is 2.38. The normalized spacial score (nSPS) is 15.4. The fraction of sp³-hybridized carbons (Fsp3) is 0.421. The average molecular weight is 359 g/mol. The van der Waals surface area contributed by atoms with E-state index in [1.807, 2.05) is 25.1 Å². The maximum atomic E-state index is 12.4. The van der Waals surface area contributed by atoms with Crippen molar-refractivity contribution >= 4 is 29.1 Å². The Bertz CT molecular complexity index is 725. The lowest BCUT2D eigenvalue weighted by Crippen LogP contribution is -2.34. The third kappa shape index (κ3) is 4.92. The summed E-state index contributed by atoms with van der Waals surface area (Å²) in [6, 6.07) is 5.86. The van der Waals surface area contributed by atoms with Gasteiger partial charge < -0.3 is 10.6 Å². The Morgan fingerprint density at radius 3 is 2.48 bits per heavy atom. The lowest BCUT2D eigenvalue weighted by molar-refractivity contribution is 0.0932. The number of aryl methyl sites for hydroxylation is 1. The number of nitrogens with one attached hydrogen (secondary N) is 2. The average Bonchev–Trinajstić information content (AvgIpc) is 2.87. The summed E-state index contributed by atoms with van der Waals surface area (Å²) in [6.07, 6.45) is 10.1. The SMILES string of the molecule is Cc1ccc(Cl)cc1Nc1ncc(C(=O)NC2CCCCCC2)cn1. The van der Waals surface area contributed by atoms with Gasteiger partial charge in [-0.3, -0.25) is 4.79 Å². The van der Waals surface area contributed by atoms with E-state index < -0.39 is 0 Å². The molecule has 1 saturated carbocycles. The quantitative estimate of drug-likeness (QED) is 0.781. The molecule has 0 atom stereocenters. The van der Waals surface area contributed by atoms with Gasteiger partial charge in [0.2, 0.25) is 5.95 Å². The Kier molecular flexibility index (Phi) is 5.87. The first-order valence-corrected chi connectivity index (χ1v) is 9.16. The molecule has 0 aliphatic heterocycles. The lowest BCUT2D eigenvalue weighted by Gasteiger charge is -2.16. The summed E-state index contributed by atoms with van der Waals surface area (Å²) in [5, 5.41) is 6.88. The minimum absolute atomic E-state index is 0.0996. The summed E-state index contributed by atoms with van der Waals surface area (Å²) in [7, 11) is 0. The fourth-order valence-electron chi connectivity index (χ4n) is 3.05. The monoisotopic (exact) mass is 358 g/mol. The van der Waals surface area contributed by atoms with E-state index in [-0.39, 0.29) is 11.9 Å². The highest BCUT2D eigenvalue weighted by molar-refractivity contribution is 6.30. The summed E-state index contributed by atoms with van der Waals surface area (Å²) in [6.45, 7) is 1.98. The Morgan fingerprint density at radius 1 is 1.12 bits per heavy atom. The van der Waals surface area contributed by atoms with Crippen molar-refractivity contribution in [2.45, 2.75) is 51.5 Å². The molecule has 0 spiro atoms. The van der Waals surface area contributed by atoms with Gasteiger partial charge in [-0.05, 0) is 37.5 Å². The van der Waals surface area contributed by atoms with Crippen LogP contribution in [0.4, 0.5) is 11.6 Å². The van der Waals surface area contributed by atoms with Gasteiger partial charge in [0.1, 0.15) is 0 Å². The van der Waals surface area contributed by atoms with E-state index in [2.05, 4.69) is 20.6 Å². The number of hydrogen-bond donors (Lipinski definition) is 2. The third-order valence-electron chi connectivity index (χ3n) is 4.55. The summed E-state index contributed by atoms with van der Waals surface area (Å²) in [5.74, 6) is 0.341. The van der Waals surface area contributed by atoms with E-state index in [1.54, 1.807) is 12.4 Å². The largest absolute Gasteiger partial charge is 0.349 e. The molecule has 0 saturated heterocycles. The van der Waals surface area contributed by atoms with E-state index in [0.29, 0.717) is 16.5 Å². The minimum atomic E-state index is -0.0996. The number of nitrogens with zero attached hydrogens (tertiary/aromatic N) is 2. The third-order valence-corrected chi connectivity index (χ3v) is 4.79. The molecule has 0 radical (unpaired) electrons. The van der Waals surface area contributed by atoms with Crippen LogP contribution < -0.4 is 10.6 Å². The topological polar surface area (TPSA) is 66.9 Å². The molecular weight excluding hydrogens is 336 g/mol. The van der Waals surface area contributed by atoms with Crippen LogP contribution in [0, 0.1) is 6.92 Å². The molecule has 25 heavy (non-hydrogen) atoms. The number of carbonyl (C=O) groups excluding carboxylic acids is 1. The summed E-state index contributed by atoms with van der Waals surface area (Å²) in [4.78, 5) is 20.9. The Balaban J connectivity index is 1.63. The molecule has 3 rings (SSSR count). The van der Waals surface area contributed by atoms with Crippen molar-refractivity contribution in [2.24, 2.45) is 0 Å². The van der Waals surface area contributed by atoms with Crippen LogP contribution in [0.25, 0.3) is 0 Å². The van der Waals surface area contributed by atoms with Gasteiger partial charge in [-0.25, -0.2) is 9.97 Å². The second-order valence-electron chi connectivity index (χ2n) is 6.54. The molecule has 1 aromatic carbocycles. The molecule has 2 aromatic rings. The minimum Gasteiger partial charge on any atom is -0.349 e. The number of anilines is 2. The first kappa shape index (κ1) is 17.7. The van der Waals surface area contributed by atoms with E-state index in [0.717, 1.165) is 24.1 Å². The van der Waals surface area contributed by atoms with Crippen LogP contribution >= 0.6 is 11.6 Å². The first-order valence-electron chi connectivity index (χ1n) is 8.78. The zero-order valence-corrected chi connectivity index (χ0v) is 15.1. The van der Waals surface area contributed by atoms with Crippen LogP contribution in [0.3, 0.4) is 0 Å². The van der Waals surface area contributed by atoms with Crippen molar-refractivity contribution < 1.29 is 4.79 Å². The molecule has 6 heteroatoms. The smallest absolute Gasteiger partial charge is 0.254 e. The van der Waals surface area contributed by atoms with E-state index in [1.165, 1.54) is 25.7 Å². The highest BCUT2D eigenvalue weighted by Gasteiger charge is 2.16. The van der Waals surface area contributed by atoms with E-state index in [9.17, 15) is 4.79 Å². The lowest BCUT2D eigenvalue weighted by atomic mass is 10.1. The molecule has 5 nitrogen and oxygen atoms in total. The second-order valence-corrected chi connectivity index (χ2v) is 6.98. The number of amides is 1. The van der Waals surface area contributed by atoms with E-state index in [4.69, 9.17) is 11.6 Å². The number of rotatable bonds is 4. The fourth-order valence-corrected chi connectivity index (χ4v) is 3.22. The van der Waals surface area contributed by atoms with Gasteiger partial charge in [-0.1, -0.05) is 43.4 Å². The van der Waals surface area contributed by atoms with Crippen molar-refractivity contribution in [3.8, 4) is 0 Å². The first-order chi connectivity index (χ1) is 12.1. The van der Waals surface area contributed by atoms with E-state index >= 15 is 0 Å². The van der Waals surface area contributed by atoms with Crippen LogP contribution in [0.15, 0.2) is 30.6 Å². The molecular formula is C19H23ClN4O. The molecule has 1 amide bonds. The van der Waals surface area contributed by atoms with Gasteiger partial charge in [0.25, 0.3) is 5.91 Å².